The highest BCUT2D eigenvalue weighted by molar-refractivity contribution is 7.99. The minimum atomic E-state index is -3.58. The first-order valence-corrected chi connectivity index (χ1v) is 9.69. The standard InChI is InChI=1S/C14H23FN2O2S2/c1-4-16-10-12-9-13(5-6-14(12)15)21(18,19)17-8-7-11(2)20-3/h5-6,9,11,16-17H,4,7-8,10H2,1-3H3. The van der Waals surface area contributed by atoms with E-state index in [1.807, 2.05) is 20.1 Å². The molecule has 4 nitrogen and oxygen atoms in total. The van der Waals surface area contributed by atoms with Crippen LogP contribution in [-0.4, -0.2) is 33.0 Å². The molecule has 0 bridgehead atoms. The van der Waals surface area contributed by atoms with Crippen molar-refractivity contribution < 1.29 is 12.8 Å². The summed E-state index contributed by atoms with van der Waals surface area (Å²) in [6, 6.07) is 3.88. The van der Waals surface area contributed by atoms with E-state index in [1.54, 1.807) is 11.8 Å². The van der Waals surface area contributed by atoms with Crippen molar-refractivity contribution in [2.45, 2.75) is 37.0 Å². The van der Waals surface area contributed by atoms with Crippen molar-refractivity contribution in [1.29, 1.82) is 0 Å². The first-order chi connectivity index (χ1) is 9.90. The average molecular weight is 334 g/mol. The predicted octanol–water partition coefficient (Wildman–Crippen LogP) is 2.36. The zero-order valence-electron chi connectivity index (χ0n) is 12.6. The van der Waals surface area contributed by atoms with E-state index in [-0.39, 0.29) is 4.90 Å². The molecular formula is C14H23FN2O2S2. The maximum atomic E-state index is 13.6. The summed E-state index contributed by atoms with van der Waals surface area (Å²) in [4.78, 5) is 0.105. The molecule has 21 heavy (non-hydrogen) atoms. The van der Waals surface area contributed by atoms with Crippen LogP contribution in [-0.2, 0) is 16.6 Å². The second-order valence-corrected chi connectivity index (χ2v) is 7.81. The third-order valence-electron chi connectivity index (χ3n) is 3.14. The van der Waals surface area contributed by atoms with Crippen molar-refractivity contribution in [2.24, 2.45) is 0 Å². The van der Waals surface area contributed by atoms with Crippen molar-refractivity contribution in [3.05, 3.63) is 29.6 Å². The molecule has 1 unspecified atom stereocenters. The third-order valence-corrected chi connectivity index (χ3v) is 5.64. The Kier molecular flexibility index (Phi) is 7.65. The van der Waals surface area contributed by atoms with Crippen molar-refractivity contribution in [3.63, 3.8) is 0 Å². The molecule has 1 rings (SSSR count). The topological polar surface area (TPSA) is 58.2 Å². The highest BCUT2D eigenvalue weighted by atomic mass is 32.2. The van der Waals surface area contributed by atoms with Crippen LogP contribution in [0.1, 0.15) is 25.8 Å². The number of hydrogen-bond acceptors (Lipinski definition) is 4. The summed E-state index contributed by atoms with van der Waals surface area (Å²) in [6.07, 6.45) is 2.75. The molecule has 0 aromatic heterocycles. The van der Waals surface area contributed by atoms with Gasteiger partial charge in [-0.3, -0.25) is 0 Å². The number of halogens is 1. The van der Waals surface area contributed by atoms with Crippen LogP contribution < -0.4 is 10.0 Å². The van der Waals surface area contributed by atoms with Gasteiger partial charge in [-0.05, 0) is 37.4 Å². The van der Waals surface area contributed by atoms with Crippen molar-refractivity contribution in [3.8, 4) is 0 Å². The van der Waals surface area contributed by atoms with Crippen molar-refractivity contribution in [2.75, 3.05) is 19.3 Å². The predicted molar refractivity (Wildman–Crippen MR) is 86.6 cm³/mol. The molecular weight excluding hydrogens is 311 g/mol. The van der Waals surface area contributed by atoms with Crippen LogP contribution >= 0.6 is 11.8 Å². The van der Waals surface area contributed by atoms with E-state index in [1.165, 1.54) is 18.2 Å². The Labute approximate surface area is 131 Å². The second-order valence-electron chi connectivity index (χ2n) is 4.77. The van der Waals surface area contributed by atoms with E-state index >= 15 is 0 Å². The lowest BCUT2D eigenvalue weighted by atomic mass is 10.2. The zero-order valence-corrected chi connectivity index (χ0v) is 14.3. The van der Waals surface area contributed by atoms with E-state index in [0.29, 0.717) is 30.4 Å². The highest BCUT2D eigenvalue weighted by Crippen LogP contribution is 2.16. The van der Waals surface area contributed by atoms with Gasteiger partial charge >= 0.3 is 0 Å². The van der Waals surface area contributed by atoms with Gasteiger partial charge in [-0.2, -0.15) is 11.8 Å². The molecule has 0 spiro atoms. The van der Waals surface area contributed by atoms with Gasteiger partial charge in [0.1, 0.15) is 5.82 Å². The van der Waals surface area contributed by atoms with E-state index in [9.17, 15) is 12.8 Å². The Hall–Kier alpha value is -0.630. The van der Waals surface area contributed by atoms with Gasteiger partial charge < -0.3 is 5.32 Å². The van der Waals surface area contributed by atoms with E-state index in [0.717, 1.165) is 6.42 Å². The molecule has 120 valence electrons. The molecule has 0 aliphatic heterocycles. The molecule has 0 saturated heterocycles. The molecule has 2 N–H and O–H groups in total. The summed E-state index contributed by atoms with van der Waals surface area (Å²) in [5, 5.41) is 3.39. The lowest BCUT2D eigenvalue weighted by molar-refractivity contribution is 0.574. The Morgan fingerprint density at radius 1 is 1.38 bits per heavy atom. The number of benzene rings is 1. The van der Waals surface area contributed by atoms with Crippen molar-refractivity contribution >= 4 is 21.8 Å². The van der Waals surface area contributed by atoms with Crippen LogP contribution in [0.2, 0.25) is 0 Å². The lowest BCUT2D eigenvalue weighted by Gasteiger charge is -2.11. The molecule has 0 heterocycles. The van der Waals surface area contributed by atoms with E-state index in [2.05, 4.69) is 10.0 Å². The fourth-order valence-electron chi connectivity index (χ4n) is 1.71. The average Bonchev–Trinajstić information content (AvgIpc) is 2.45. The molecule has 7 heteroatoms. The van der Waals surface area contributed by atoms with Crippen molar-refractivity contribution in [1.82, 2.24) is 10.0 Å². The van der Waals surface area contributed by atoms with E-state index in [4.69, 9.17) is 0 Å². The summed E-state index contributed by atoms with van der Waals surface area (Å²) in [6.45, 7) is 5.35. The first kappa shape index (κ1) is 18.4. The number of nitrogens with one attached hydrogen (secondary N) is 2. The Bertz CT molecular complexity index is 550. The summed E-state index contributed by atoms with van der Waals surface area (Å²) in [5.41, 5.74) is 0.359. The number of rotatable bonds is 9. The highest BCUT2D eigenvalue weighted by Gasteiger charge is 2.16. The number of hydrogen-bond donors (Lipinski definition) is 2. The number of sulfonamides is 1. The normalized spacial score (nSPS) is 13.3. The Morgan fingerprint density at radius 2 is 2.10 bits per heavy atom. The molecule has 1 aromatic carbocycles. The van der Waals surface area contributed by atoms with Gasteiger partial charge in [-0.1, -0.05) is 13.8 Å². The van der Waals surface area contributed by atoms with E-state index < -0.39 is 15.8 Å². The van der Waals surface area contributed by atoms with Crippen LogP contribution in [0.15, 0.2) is 23.1 Å². The minimum absolute atomic E-state index is 0.105. The van der Waals surface area contributed by atoms with Gasteiger partial charge in [0.25, 0.3) is 0 Å². The minimum Gasteiger partial charge on any atom is -0.313 e. The van der Waals surface area contributed by atoms with Crippen LogP contribution in [0.4, 0.5) is 4.39 Å². The van der Waals surface area contributed by atoms with Crippen LogP contribution in [0.25, 0.3) is 0 Å². The molecule has 0 aliphatic rings. The molecule has 1 atom stereocenters. The Morgan fingerprint density at radius 3 is 2.71 bits per heavy atom. The van der Waals surface area contributed by atoms with Crippen LogP contribution in [0.3, 0.4) is 0 Å². The van der Waals surface area contributed by atoms with Gasteiger partial charge in [0.15, 0.2) is 0 Å². The van der Waals surface area contributed by atoms with Crippen LogP contribution in [0, 0.1) is 5.82 Å². The SMILES string of the molecule is CCNCc1cc(S(=O)(=O)NCCC(C)SC)ccc1F. The molecule has 0 fully saturated rings. The fourth-order valence-corrected chi connectivity index (χ4v) is 3.16. The molecule has 0 amide bonds. The maximum absolute atomic E-state index is 13.6. The van der Waals surface area contributed by atoms with Gasteiger partial charge in [0, 0.05) is 23.9 Å². The lowest BCUT2D eigenvalue weighted by Crippen LogP contribution is -2.26. The summed E-state index contributed by atoms with van der Waals surface area (Å²) < 4.78 is 40.5. The molecule has 1 aromatic rings. The summed E-state index contributed by atoms with van der Waals surface area (Å²) in [5.74, 6) is -0.397. The first-order valence-electron chi connectivity index (χ1n) is 6.92. The number of thioether (sulfide) groups is 1. The second kappa shape index (κ2) is 8.73. The zero-order chi connectivity index (χ0) is 15.9. The molecule has 0 radical (unpaired) electrons. The largest absolute Gasteiger partial charge is 0.313 e. The van der Waals surface area contributed by atoms with Crippen LogP contribution in [0.5, 0.6) is 0 Å². The third kappa shape index (κ3) is 5.94. The maximum Gasteiger partial charge on any atom is 0.240 e. The molecule has 0 aliphatic carbocycles. The van der Waals surface area contributed by atoms with Gasteiger partial charge in [-0.25, -0.2) is 17.5 Å². The summed E-state index contributed by atoms with van der Waals surface area (Å²) >= 11 is 1.69. The summed E-state index contributed by atoms with van der Waals surface area (Å²) in [7, 11) is -3.58. The molecule has 0 saturated carbocycles. The monoisotopic (exact) mass is 334 g/mol. The quantitative estimate of drug-likeness (QED) is 0.728. The Balaban J connectivity index is 2.78. The smallest absolute Gasteiger partial charge is 0.240 e. The van der Waals surface area contributed by atoms with Gasteiger partial charge in [0.05, 0.1) is 4.90 Å². The van der Waals surface area contributed by atoms with Gasteiger partial charge in [0.2, 0.25) is 10.0 Å². The van der Waals surface area contributed by atoms with Gasteiger partial charge in [-0.15, -0.1) is 0 Å². The fraction of sp³-hybridized carbons (Fsp3) is 0.571.